The molecule has 1 aromatic heterocycles. The number of halogens is 1. The number of aliphatic hydroxyl groups excluding tert-OH is 1. The normalized spacial score (nSPS) is 29.9. The van der Waals surface area contributed by atoms with Crippen LogP contribution in [0, 0.1) is 11.2 Å². The first-order chi connectivity index (χ1) is 9.62. The van der Waals surface area contributed by atoms with Crippen LogP contribution in [0.2, 0.25) is 0 Å². The van der Waals surface area contributed by atoms with Gasteiger partial charge in [0.15, 0.2) is 5.82 Å². The second kappa shape index (κ2) is 5.13. The van der Waals surface area contributed by atoms with Crippen LogP contribution < -0.4 is 0 Å². The second-order valence-corrected chi connectivity index (χ2v) is 5.96. The first-order valence-corrected chi connectivity index (χ1v) is 7.19. The number of carbonyl (C=O) groups is 1. The Labute approximate surface area is 117 Å². The highest BCUT2D eigenvalue weighted by Crippen LogP contribution is 2.45. The summed E-state index contributed by atoms with van der Waals surface area (Å²) < 4.78 is 13.7. The quantitative estimate of drug-likeness (QED) is 0.854. The van der Waals surface area contributed by atoms with Crippen molar-refractivity contribution >= 4 is 5.91 Å². The van der Waals surface area contributed by atoms with E-state index < -0.39 is 5.82 Å². The zero-order valence-corrected chi connectivity index (χ0v) is 11.4. The van der Waals surface area contributed by atoms with Gasteiger partial charge in [-0.25, -0.2) is 4.39 Å². The predicted octanol–water partition coefficient (Wildman–Crippen LogP) is 1.99. The lowest BCUT2D eigenvalue weighted by Crippen LogP contribution is -2.49. The summed E-state index contributed by atoms with van der Waals surface area (Å²) in [4.78, 5) is 17.8. The van der Waals surface area contributed by atoms with Gasteiger partial charge in [-0.1, -0.05) is 6.42 Å². The van der Waals surface area contributed by atoms with Gasteiger partial charge in [0.05, 0.1) is 17.9 Å². The lowest BCUT2D eigenvalue weighted by molar-refractivity contribution is -0.00550. The molecule has 20 heavy (non-hydrogen) atoms. The molecule has 1 N–H and O–H groups in total. The monoisotopic (exact) mass is 278 g/mol. The van der Waals surface area contributed by atoms with E-state index in [1.54, 1.807) is 4.90 Å². The number of likely N-dealkylation sites (tertiary alicyclic amines) is 1. The maximum Gasteiger partial charge on any atom is 0.256 e. The summed E-state index contributed by atoms with van der Waals surface area (Å²) in [5.41, 5.74) is -0.0956. The largest absolute Gasteiger partial charge is 0.392 e. The van der Waals surface area contributed by atoms with E-state index >= 15 is 0 Å². The SMILES string of the molecule is O=C(c1ccncc1F)N1CCC[C@@]2(CCC[C@H]2O)C1. The Morgan fingerprint density at radius 1 is 1.45 bits per heavy atom. The number of hydrogen-bond acceptors (Lipinski definition) is 3. The molecule has 1 aromatic rings. The molecule has 5 heteroatoms. The number of rotatable bonds is 1. The molecule has 2 fully saturated rings. The van der Waals surface area contributed by atoms with Gasteiger partial charge in [0.2, 0.25) is 0 Å². The lowest BCUT2D eigenvalue weighted by atomic mass is 9.76. The van der Waals surface area contributed by atoms with Gasteiger partial charge in [-0.2, -0.15) is 0 Å². The number of hydrogen-bond donors (Lipinski definition) is 1. The standard InChI is InChI=1S/C15H19FN2O2/c16-12-9-17-7-4-11(12)14(20)18-8-2-6-15(10-18)5-1-3-13(15)19/h4,7,9,13,19H,1-3,5-6,8,10H2/t13-,15+/m1/s1. The van der Waals surface area contributed by atoms with Crippen molar-refractivity contribution in [2.45, 2.75) is 38.2 Å². The van der Waals surface area contributed by atoms with Crippen LogP contribution in [0.4, 0.5) is 4.39 Å². The van der Waals surface area contributed by atoms with Crippen LogP contribution in [0.15, 0.2) is 18.5 Å². The minimum absolute atomic E-state index is 0.0736. The van der Waals surface area contributed by atoms with Gasteiger partial charge in [0.25, 0.3) is 5.91 Å². The summed E-state index contributed by atoms with van der Waals surface area (Å²) in [6, 6.07) is 1.42. The van der Waals surface area contributed by atoms with E-state index in [1.165, 1.54) is 12.3 Å². The first-order valence-electron chi connectivity index (χ1n) is 7.19. The lowest BCUT2D eigenvalue weighted by Gasteiger charge is -2.42. The van der Waals surface area contributed by atoms with Crippen molar-refractivity contribution in [2.24, 2.45) is 5.41 Å². The zero-order valence-electron chi connectivity index (χ0n) is 11.4. The van der Waals surface area contributed by atoms with E-state index in [2.05, 4.69) is 4.98 Å². The minimum atomic E-state index is -0.580. The molecule has 0 aromatic carbocycles. The molecule has 1 amide bonds. The molecular formula is C15H19FN2O2. The van der Waals surface area contributed by atoms with Gasteiger partial charge in [-0.05, 0) is 31.7 Å². The number of amides is 1. The third-order valence-corrected chi connectivity index (χ3v) is 4.76. The summed E-state index contributed by atoms with van der Waals surface area (Å²) in [6.45, 7) is 1.17. The van der Waals surface area contributed by atoms with Crippen molar-refractivity contribution < 1.29 is 14.3 Å². The molecule has 1 saturated heterocycles. The molecule has 0 unspecified atom stereocenters. The van der Waals surface area contributed by atoms with Crippen LogP contribution in [0.3, 0.4) is 0 Å². The number of nitrogens with zero attached hydrogens (tertiary/aromatic N) is 2. The smallest absolute Gasteiger partial charge is 0.256 e. The van der Waals surface area contributed by atoms with Crippen LogP contribution in [0.5, 0.6) is 0 Å². The van der Waals surface area contributed by atoms with Crippen molar-refractivity contribution in [1.82, 2.24) is 9.88 Å². The fraction of sp³-hybridized carbons (Fsp3) is 0.600. The average molecular weight is 278 g/mol. The fourth-order valence-corrected chi connectivity index (χ4v) is 3.65. The van der Waals surface area contributed by atoms with Gasteiger partial charge in [-0.3, -0.25) is 9.78 Å². The molecule has 1 saturated carbocycles. The van der Waals surface area contributed by atoms with E-state index in [0.717, 1.165) is 38.3 Å². The third-order valence-electron chi connectivity index (χ3n) is 4.76. The highest BCUT2D eigenvalue weighted by Gasteiger charge is 2.45. The number of carbonyl (C=O) groups excluding carboxylic acids is 1. The van der Waals surface area contributed by atoms with E-state index in [0.29, 0.717) is 13.1 Å². The van der Waals surface area contributed by atoms with Gasteiger partial charge in [0.1, 0.15) is 0 Å². The highest BCUT2D eigenvalue weighted by molar-refractivity contribution is 5.94. The molecule has 2 atom stereocenters. The molecule has 2 heterocycles. The molecular weight excluding hydrogens is 259 g/mol. The maximum atomic E-state index is 13.7. The minimum Gasteiger partial charge on any atom is -0.392 e. The summed E-state index contributed by atoms with van der Waals surface area (Å²) >= 11 is 0. The Hall–Kier alpha value is -1.49. The van der Waals surface area contributed by atoms with Crippen LogP contribution in [-0.2, 0) is 0 Å². The molecule has 108 valence electrons. The average Bonchev–Trinajstić information content (AvgIpc) is 2.79. The predicted molar refractivity (Wildman–Crippen MR) is 71.6 cm³/mol. The van der Waals surface area contributed by atoms with Crippen molar-refractivity contribution in [3.8, 4) is 0 Å². The number of piperidine rings is 1. The summed E-state index contributed by atoms with van der Waals surface area (Å²) in [7, 11) is 0. The molecule has 4 nitrogen and oxygen atoms in total. The van der Waals surface area contributed by atoms with Crippen LogP contribution in [0.25, 0.3) is 0 Å². The highest BCUT2D eigenvalue weighted by atomic mass is 19.1. The maximum absolute atomic E-state index is 13.7. The van der Waals surface area contributed by atoms with E-state index in [1.807, 2.05) is 0 Å². The van der Waals surface area contributed by atoms with Crippen LogP contribution in [0.1, 0.15) is 42.5 Å². The second-order valence-electron chi connectivity index (χ2n) is 5.96. The zero-order chi connectivity index (χ0) is 14.2. The Kier molecular flexibility index (Phi) is 3.46. The molecule has 1 spiro atoms. The summed E-state index contributed by atoms with van der Waals surface area (Å²) in [5.74, 6) is -0.868. The van der Waals surface area contributed by atoms with Gasteiger partial charge in [-0.15, -0.1) is 0 Å². The van der Waals surface area contributed by atoms with Gasteiger partial charge < -0.3 is 10.0 Å². The number of aromatic nitrogens is 1. The molecule has 1 aliphatic carbocycles. The van der Waals surface area contributed by atoms with Gasteiger partial charge in [0, 0.05) is 24.7 Å². The summed E-state index contributed by atoms with van der Waals surface area (Å²) in [5, 5.41) is 10.2. The van der Waals surface area contributed by atoms with Crippen LogP contribution in [-0.4, -0.2) is 40.1 Å². The molecule has 3 rings (SSSR count). The van der Waals surface area contributed by atoms with E-state index in [-0.39, 0.29) is 23.0 Å². The van der Waals surface area contributed by atoms with E-state index in [4.69, 9.17) is 0 Å². The topological polar surface area (TPSA) is 53.4 Å². The van der Waals surface area contributed by atoms with Crippen molar-refractivity contribution in [2.75, 3.05) is 13.1 Å². The molecule has 0 bridgehead atoms. The summed E-state index contributed by atoms with van der Waals surface area (Å²) in [6.07, 6.45) is 6.76. The molecule has 0 radical (unpaired) electrons. The number of pyridine rings is 1. The third kappa shape index (κ3) is 2.20. The Morgan fingerprint density at radius 3 is 2.95 bits per heavy atom. The Morgan fingerprint density at radius 2 is 2.25 bits per heavy atom. The first kappa shape index (κ1) is 13.5. The molecule has 2 aliphatic rings. The van der Waals surface area contributed by atoms with E-state index in [9.17, 15) is 14.3 Å². The number of aliphatic hydroxyl groups is 1. The Bertz CT molecular complexity index is 522. The van der Waals surface area contributed by atoms with Crippen LogP contribution >= 0.6 is 0 Å². The molecule has 1 aliphatic heterocycles. The van der Waals surface area contributed by atoms with Crippen molar-refractivity contribution in [3.63, 3.8) is 0 Å². The van der Waals surface area contributed by atoms with Crippen molar-refractivity contribution in [1.29, 1.82) is 0 Å². The van der Waals surface area contributed by atoms with Crippen molar-refractivity contribution in [3.05, 3.63) is 29.8 Å². The van der Waals surface area contributed by atoms with Gasteiger partial charge >= 0.3 is 0 Å². The Balaban J connectivity index is 1.81. The fourth-order valence-electron chi connectivity index (χ4n) is 3.65.